The fourth-order valence-corrected chi connectivity index (χ4v) is 3.03. The quantitative estimate of drug-likeness (QED) is 0.560. The number of hydrogen-bond donors (Lipinski definition) is 0. The zero-order chi connectivity index (χ0) is 6.85. The van der Waals surface area contributed by atoms with Crippen molar-refractivity contribution in [3.63, 3.8) is 0 Å². The lowest BCUT2D eigenvalue weighted by Gasteiger charge is -1.96. The molecule has 0 aliphatic heterocycles. The van der Waals surface area contributed by atoms with Gasteiger partial charge in [0.15, 0.2) is 0 Å². The van der Waals surface area contributed by atoms with Crippen LogP contribution in [0.2, 0.25) is 13.1 Å². The summed E-state index contributed by atoms with van der Waals surface area (Å²) in [5.74, 6) is 0. The fraction of sp³-hybridized carbons (Fsp3) is 0.500. The van der Waals surface area contributed by atoms with Crippen molar-refractivity contribution in [2.75, 3.05) is 0 Å². The van der Waals surface area contributed by atoms with E-state index in [2.05, 4.69) is 24.4 Å². The predicted octanol–water partition coefficient (Wildman–Crippen LogP) is 1.41. The predicted molar refractivity (Wildman–Crippen MR) is 44.0 cm³/mol. The van der Waals surface area contributed by atoms with E-state index in [-0.39, 0.29) is 8.80 Å². The van der Waals surface area contributed by atoms with Crippen LogP contribution in [-0.2, 0) is 0 Å². The molecule has 9 heavy (non-hydrogen) atoms. The van der Waals surface area contributed by atoms with Crippen molar-refractivity contribution in [2.45, 2.75) is 20.0 Å². The van der Waals surface area contributed by atoms with E-state index in [1.54, 1.807) is 11.5 Å². The molecule has 0 amide bonds. The summed E-state index contributed by atoms with van der Waals surface area (Å²) in [5, 5.41) is 0. The molecule has 0 aliphatic rings. The monoisotopic (exact) mass is 156 g/mol. The molecule has 0 unspecified atom stereocenters. The number of nitrogens with zero attached hydrogens (tertiary/aromatic N) is 1. The second kappa shape index (κ2) is 2.62. The molecular weight excluding hydrogens is 146 g/mol. The highest BCUT2D eigenvalue weighted by Crippen LogP contribution is 1.98. The molecule has 0 saturated carbocycles. The minimum atomic E-state index is -0.243. The molecule has 0 aromatic carbocycles. The average Bonchev–Trinajstić information content (AvgIpc) is 2.13. The molecule has 1 aromatic heterocycles. The van der Waals surface area contributed by atoms with Crippen LogP contribution in [-0.4, -0.2) is 13.2 Å². The summed E-state index contributed by atoms with van der Waals surface area (Å²) in [5.41, 5.74) is 1.37. The van der Waals surface area contributed by atoms with E-state index in [0.717, 1.165) is 0 Å². The first-order valence-electron chi connectivity index (χ1n) is 2.93. The molecule has 1 heterocycles. The van der Waals surface area contributed by atoms with Crippen molar-refractivity contribution in [1.82, 2.24) is 4.37 Å². The van der Waals surface area contributed by atoms with Crippen LogP contribution in [0.3, 0.4) is 0 Å². The van der Waals surface area contributed by atoms with E-state index in [0.29, 0.717) is 0 Å². The summed E-state index contributed by atoms with van der Waals surface area (Å²) in [6, 6.07) is 0. The van der Waals surface area contributed by atoms with Crippen molar-refractivity contribution in [2.24, 2.45) is 0 Å². The molecule has 0 saturated heterocycles. The number of aromatic nitrogens is 1. The molecule has 0 fully saturated rings. The second-order valence-electron chi connectivity index (χ2n) is 2.34. The zero-order valence-electron chi connectivity index (χ0n) is 5.93. The van der Waals surface area contributed by atoms with Gasteiger partial charge in [0, 0.05) is 10.7 Å². The third-order valence-corrected chi connectivity index (χ3v) is 4.72. The van der Waals surface area contributed by atoms with Gasteiger partial charge in [0.25, 0.3) is 0 Å². The maximum atomic E-state index is 4.11. The highest BCUT2D eigenvalue weighted by atomic mass is 32.1. The summed E-state index contributed by atoms with van der Waals surface area (Å²) < 4.78 is 5.62. The lowest BCUT2D eigenvalue weighted by molar-refractivity contribution is 1.46. The maximum Gasteiger partial charge on any atom is 0.0952 e. The van der Waals surface area contributed by atoms with Crippen LogP contribution in [0.5, 0.6) is 0 Å². The molecule has 3 heteroatoms. The van der Waals surface area contributed by atoms with E-state index in [9.17, 15) is 0 Å². The van der Waals surface area contributed by atoms with Gasteiger partial charge in [0.05, 0.1) is 8.80 Å². The highest BCUT2D eigenvalue weighted by Gasteiger charge is 2.05. The Morgan fingerprint density at radius 3 is 2.44 bits per heavy atom. The second-order valence-corrected chi connectivity index (χ2v) is 6.00. The largest absolute Gasteiger partial charge is 0.201 e. The minimum absolute atomic E-state index is 0.243. The van der Waals surface area contributed by atoms with Gasteiger partial charge in [0.2, 0.25) is 0 Å². The molecule has 49 valence electrons. The molecule has 1 rings (SSSR count). The number of rotatable bonds is 1. The van der Waals surface area contributed by atoms with Crippen molar-refractivity contribution < 1.29 is 0 Å². The van der Waals surface area contributed by atoms with E-state index in [4.69, 9.17) is 0 Å². The van der Waals surface area contributed by atoms with Crippen LogP contribution in [0.1, 0.15) is 5.56 Å². The molecule has 0 N–H and O–H groups in total. The normalized spacial score (nSPS) is 10.7. The first-order valence-corrected chi connectivity index (χ1v) is 6.21. The molecule has 1 radical (unpaired) electrons. The molecule has 1 nitrogen and oxygen atoms in total. The Balaban J connectivity index is 2.94. The van der Waals surface area contributed by atoms with Gasteiger partial charge in [-0.2, -0.15) is 0 Å². The van der Waals surface area contributed by atoms with Crippen molar-refractivity contribution in [1.29, 1.82) is 0 Å². The lowest BCUT2D eigenvalue weighted by Crippen LogP contribution is -2.20. The van der Waals surface area contributed by atoms with Crippen molar-refractivity contribution in [3.05, 3.63) is 11.8 Å². The molecule has 0 bridgehead atoms. The van der Waals surface area contributed by atoms with Crippen LogP contribution in [0, 0.1) is 6.92 Å². The van der Waals surface area contributed by atoms with E-state index >= 15 is 0 Å². The third kappa shape index (κ3) is 1.40. The number of aryl methyl sites for hydroxylation is 1. The SMILES string of the molecule is Cc1cnsc1[Si](C)C. The molecule has 0 spiro atoms. The Morgan fingerprint density at radius 1 is 1.56 bits per heavy atom. The van der Waals surface area contributed by atoms with Gasteiger partial charge in [-0.3, -0.25) is 0 Å². The summed E-state index contributed by atoms with van der Waals surface area (Å²) in [6.07, 6.45) is 1.96. The molecule has 1 aromatic rings. The highest BCUT2D eigenvalue weighted by molar-refractivity contribution is 7.18. The van der Waals surface area contributed by atoms with Crippen LogP contribution in [0.4, 0.5) is 0 Å². The van der Waals surface area contributed by atoms with Crippen LogP contribution >= 0.6 is 11.5 Å². The van der Waals surface area contributed by atoms with E-state index in [1.165, 1.54) is 10.1 Å². The van der Waals surface area contributed by atoms with Gasteiger partial charge in [-0.25, -0.2) is 4.37 Å². The molecular formula is C6H10NSSi. The van der Waals surface area contributed by atoms with E-state index in [1.807, 2.05) is 6.20 Å². The Hall–Kier alpha value is -0.153. The van der Waals surface area contributed by atoms with Crippen LogP contribution in [0.15, 0.2) is 6.20 Å². The number of hydrogen-bond acceptors (Lipinski definition) is 2. The first-order chi connectivity index (χ1) is 4.22. The standard InChI is InChI=1S/C6H10NSSi/c1-5-4-7-8-6(5)9(2)3/h4H,1-3H3. The Morgan fingerprint density at radius 2 is 2.22 bits per heavy atom. The van der Waals surface area contributed by atoms with Crippen molar-refractivity contribution >= 4 is 24.8 Å². The first kappa shape index (κ1) is 6.96. The Bertz CT molecular complexity index is 195. The van der Waals surface area contributed by atoms with Gasteiger partial charge in [-0.15, -0.1) is 0 Å². The topological polar surface area (TPSA) is 12.9 Å². The fourth-order valence-electron chi connectivity index (χ4n) is 0.774. The average molecular weight is 156 g/mol. The van der Waals surface area contributed by atoms with Crippen LogP contribution < -0.4 is 4.50 Å². The van der Waals surface area contributed by atoms with E-state index < -0.39 is 0 Å². The van der Waals surface area contributed by atoms with Gasteiger partial charge < -0.3 is 0 Å². The summed E-state index contributed by atoms with van der Waals surface area (Å²) >= 11 is 1.65. The van der Waals surface area contributed by atoms with Gasteiger partial charge in [-0.1, -0.05) is 13.1 Å². The smallest absolute Gasteiger partial charge is 0.0952 e. The van der Waals surface area contributed by atoms with Gasteiger partial charge in [0.1, 0.15) is 0 Å². The minimum Gasteiger partial charge on any atom is -0.201 e. The third-order valence-electron chi connectivity index (χ3n) is 1.20. The zero-order valence-corrected chi connectivity index (χ0v) is 7.75. The maximum absolute atomic E-state index is 4.11. The van der Waals surface area contributed by atoms with Gasteiger partial charge >= 0.3 is 0 Å². The lowest BCUT2D eigenvalue weighted by atomic mass is 10.4. The summed E-state index contributed by atoms with van der Waals surface area (Å²) in [7, 11) is -0.243. The van der Waals surface area contributed by atoms with Gasteiger partial charge in [-0.05, 0) is 24.0 Å². The van der Waals surface area contributed by atoms with Crippen LogP contribution in [0.25, 0.3) is 0 Å². The van der Waals surface area contributed by atoms with Crippen molar-refractivity contribution in [3.8, 4) is 0 Å². The molecule has 0 aliphatic carbocycles. The summed E-state index contributed by atoms with van der Waals surface area (Å²) in [4.78, 5) is 0. The Kier molecular flexibility index (Phi) is 2.03. The Labute approximate surface area is 61.5 Å². The molecule has 0 atom stereocenters. The summed E-state index contributed by atoms with van der Waals surface area (Å²) in [6.45, 7) is 6.73.